The predicted octanol–water partition coefficient (Wildman–Crippen LogP) is 4.40. The van der Waals surface area contributed by atoms with Gasteiger partial charge >= 0.3 is 0 Å². The van der Waals surface area contributed by atoms with Gasteiger partial charge in [0.15, 0.2) is 11.5 Å². The predicted molar refractivity (Wildman–Crippen MR) is 97.3 cm³/mol. The van der Waals surface area contributed by atoms with Crippen molar-refractivity contribution in [3.63, 3.8) is 0 Å². The van der Waals surface area contributed by atoms with Crippen LogP contribution in [0.5, 0.6) is 11.5 Å². The Morgan fingerprint density at radius 2 is 1.92 bits per heavy atom. The Balaban J connectivity index is 2.00. The van der Waals surface area contributed by atoms with Crippen molar-refractivity contribution in [1.29, 1.82) is 0 Å². The molecule has 0 bridgehead atoms. The number of carbonyl (C=O) groups is 2. The number of halogens is 1. The monoisotopic (exact) mass is 405 g/mol. The normalized spacial score (nSPS) is 16.1. The highest BCUT2D eigenvalue weighted by atomic mass is 79.9. The number of methoxy groups -OCH3 is 1. The molecule has 0 radical (unpaired) electrons. The first-order valence-corrected chi connectivity index (χ1v) is 8.51. The number of phenols is 1. The number of rotatable bonds is 3. The Labute approximate surface area is 151 Å². The fourth-order valence-electron chi connectivity index (χ4n) is 2.27. The standard InChI is InChI=1S/C17H12BrNO4S/c1-23-13-9-11(18)7-10(15(13)20)8-14-16(21)19(17(22)24-14)12-5-3-2-4-6-12/h2-9,20H,1H3. The topological polar surface area (TPSA) is 66.8 Å². The molecule has 0 aromatic heterocycles. The minimum atomic E-state index is -0.422. The SMILES string of the molecule is COc1cc(Br)cc(C=C2SC(=O)N(c3ccccc3)C2=O)c1O. The molecule has 5 nitrogen and oxygen atoms in total. The van der Waals surface area contributed by atoms with Crippen LogP contribution in [0.3, 0.4) is 0 Å². The van der Waals surface area contributed by atoms with Crippen molar-refractivity contribution < 1.29 is 19.4 Å². The quantitative estimate of drug-likeness (QED) is 0.766. The fourth-order valence-corrected chi connectivity index (χ4v) is 3.56. The first-order valence-electron chi connectivity index (χ1n) is 6.91. The molecule has 2 amide bonds. The van der Waals surface area contributed by atoms with E-state index >= 15 is 0 Å². The summed E-state index contributed by atoms with van der Waals surface area (Å²) in [4.78, 5) is 26.1. The lowest BCUT2D eigenvalue weighted by Crippen LogP contribution is -2.27. The van der Waals surface area contributed by atoms with Gasteiger partial charge in [-0.25, -0.2) is 4.90 Å². The minimum absolute atomic E-state index is 0.0905. The number of aromatic hydroxyl groups is 1. The number of carbonyl (C=O) groups excluding carboxylic acids is 2. The summed E-state index contributed by atoms with van der Waals surface area (Å²) in [7, 11) is 1.44. The average molecular weight is 406 g/mol. The van der Waals surface area contributed by atoms with Gasteiger partial charge in [-0.3, -0.25) is 9.59 Å². The maximum Gasteiger partial charge on any atom is 0.298 e. The molecule has 0 spiro atoms. The van der Waals surface area contributed by atoms with E-state index in [9.17, 15) is 14.7 Å². The summed E-state index contributed by atoms with van der Waals surface area (Å²) in [6.45, 7) is 0. The van der Waals surface area contributed by atoms with Crippen molar-refractivity contribution in [3.05, 3.63) is 57.4 Å². The summed E-state index contributed by atoms with van der Waals surface area (Å²) in [5.41, 5.74) is 0.902. The van der Waals surface area contributed by atoms with E-state index in [1.807, 2.05) is 6.07 Å². The van der Waals surface area contributed by atoms with Gasteiger partial charge in [0.25, 0.3) is 11.1 Å². The van der Waals surface area contributed by atoms with E-state index in [1.54, 1.807) is 36.4 Å². The molecule has 7 heteroatoms. The zero-order valence-corrected chi connectivity index (χ0v) is 14.9. The second-order valence-electron chi connectivity index (χ2n) is 4.90. The number of nitrogens with zero attached hydrogens (tertiary/aromatic N) is 1. The second-order valence-corrected chi connectivity index (χ2v) is 6.81. The van der Waals surface area contributed by atoms with Crippen LogP contribution in [0, 0.1) is 0 Å². The number of hydrogen-bond acceptors (Lipinski definition) is 5. The molecule has 2 aromatic carbocycles. The van der Waals surface area contributed by atoms with Gasteiger partial charge in [-0.2, -0.15) is 0 Å². The van der Waals surface area contributed by atoms with Crippen LogP contribution in [0.4, 0.5) is 10.5 Å². The van der Waals surface area contributed by atoms with E-state index in [0.717, 1.165) is 16.7 Å². The third-order valence-corrected chi connectivity index (χ3v) is 4.71. The molecule has 1 N–H and O–H groups in total. The van der Waals surface area contributed by atoms with Gasteiger partial charge in [-0.15, -0.1) is 0 Å². The number of imide groups is 1. The van der Waals surface area contributed by atoms with E-state index in [2.05, 4.69) is 15.9 Å². The lowest BCUT2D eigenvalue weighted by atomic mass is 10.1. The molecule has 2 aromatic rings. The van der Waals surface area contributed by atoms with Gasteiger partial charge in [0, 0.05) is 10.0 Å². The largest absolute Gasteiger partial charge is 0.504 e. The summed E-state index contributed by atoms with van der Waals surface area (Å²) in [6.07, 6.45) is 1.48. The molecule has 1 fully saturated rings. The third kappa shape index (κ3) is 3.05. The van der Waals surface area contributed by atoms with Crippen LogP contribution < -0.4 is 9.64 Å². The number of para-hydroxylation sites is 1. The molecular weight excluding hydrogens is 394 g/mol. The summed E-state index contributed by atoms with van der Waals surface area (Å²) < 4.78 is 5.78. The van der Waals surface area contributed by atoms with Gasteiger partial charge in [-0.1, -0.05) is 34.1 Å². The van der Waals surface area contributed by atoms with Crippen LogP contribution >= 0.6 is 27.7 Å². The Hall–Kier alpha value is -2.25. The first-order chi connectivity index (χ1) is 11.5. The van der Waals surface area contributed by atoms with Crippen LogP contribution in [0.25, 0.3) is 6.08 Å². The number of phenolic OH excluding ortho intramolecular Hbond substituents is 1. The van der Waals surface area contributed by atoms with Crippen LogP contribution in [-0.4, -0.2) is 23.4 Å². The highest BCUT2D eigenvalue weighted by molar-refractivity contribution is 9.10. The number of benzene rings is 2. The van der Waals surface area contributed by atoms with Crippen LogP contribution in [0.1, 0.15) is 5.56 Å². The van der Waals surface area contributed by atoms with Gasteiger partial charge in [-0.05, 0) is 42.1 Å². The maximum absolute atomic E-state index is 12.6. The number of ether oxygens (including phenoxy) is 1. The Bertz CT molecular complexity index is 851. The van der Waals surface area contributed by atoms with E-state index < -0.39 is 5.91 Å². The molecule has 0 unspecified atom stereocenters. The van der Waals surface area contributed by atoms with Crippen LogP contribution in [-0.2, 0) is 4.79 Å². The Morgan fingerprint density at radius 1 is 1.21 bits per heavy atom. The molecule has 0 saturated carbocycles. The minimum Gasteiger partial charge on any atom is -0.504 e. The number of anilines is 1. The molecule has 24 heavy (non-hydrogen) atoms. The molecule has 0 aliphatic carbocycles. The molecular formula is C17H12BrNO4S. The number of thioether (sulfide) groups is 1. The maximum atomic E-state index is 12.6. The summed E-state index contributed by atoms with van der Waals surface area (Å²) in [6, 6.07) is 12.0. The summed E-state index contributed by atoms with van der Waals surface area (Å²) in [5, 5.41) is 9.82. The number of hydrogen-bond donors (Lipinski definition) is 1. The van der Waals surface area contributed by atoms with Gasteiger partial charge < -0.3 is 9.84 Å². The lowest BCUT2D eigenvalue weighted by Gasteiger charge is -2.11. The van der Waals surface area contributed by atoms with E-state index in [4.69, 9.17) is 4.74 Å². The zero-order chi connectivity index (χ0) is 17.3. The molecule has 1 saturated heterocycles. The molecule has 3 rings (SSSR count). The van der Waals surface area contributed by atoms with Crippen molar-refractivity contribution in [2.75, 3.05) is 12.0 Å². The van der Waals surface area contributed by atoms with E-state index in [-0.39, 0.29) is 21.6 Å². The Morgan fingerprint density at radius 3 is 2.58 bits per heavy atom. The van der Waals surface area contributed by atoms with E-state index in [1.165, 1.54) is 13.2 Å². The van der Waals surface area contributed by atoms with Crippen LogP contribution in [0.2, 0.25) is 0 Å². The summed E-state index contributed by atoms with van der Waals surface area (Å²) in [5.74, 6) is -0.236. The molecule has 122 valence electrons. The smallest absolute Gasteiger partial charge is 0.298 e. The fraction of sp³-hybridized carbons (Fsp3) is 0.0588. The average Bonchev–Trinajstić information content (AvgIpc) is 2.85. The Kier molecular flexibility index (Phi) is 4.64. The zero-order valence-electron chi connectivity index (χ0n) is 12.5. The molecule has 1 aliphatic rings. The van der Waals surface area contributed by atoms with Crippen molar-refractivity contribution in [2.45, 2.75) is 0 Å². The molecule has 1 heterocycles. The van der Waals surface area contributed by atoms with Gasteiger partial charge in [0.05, 0.1) is 17.7 Å². The highest BCUT2D eigenvalue weighted by Crippen LogP contribution is 2.39. The van der Waals surface area contributed by atoms with Crippen LogP contribution in [0.15, 0.2) is 51.8 Å². The van der Waals surface area contributed by atoms with Crippen molar-refractivity contribution in [1.82, 2.24) is 0 Å². The molecule has 0 atom stereocenters. The van der Waals surface area contributed by atoms with Gasteiger partial charge in [0.2, 0.25) is 0 Å². The first kappa shape index (κ1) is 16.6. The van der Waals surface area contributed by atoms with Crippen molar-refractivity contribution in [2.24, 2.45) is 0 Å². The van der Waals surface area contributed by atoms with Gasteiger partial charge in [0.1, 0.15) is 0 Å². The van der Waals surface area contributed by atoms with Crippen molar-refractivity contribution in [3.8, 4) is 11.5 Å². The lowest BCUT2D eigenvalue weighted by molar-refractivity contribution is -0.113. The molecule has 1 aliphatic heterocycles. The number of amides is 2. The third-order valence-electron chi connectivity index (χ3n) is 3.38. The van der Waals surface area contributed by atoms with E-state index in [0.29, 0.717) is 15.7 Å². The second kappa shape index (κ2) is 6.70. The van der Waals surface area contributed by atoms with Crippen molar-refractivity contribution >= 4 is 50.6 Å². The highest BCUT2D eigenvalue weighted by Gasteiger charge is 2.36. The summed E-state index contributed by atoms with van der Waals surface area (Å²) >= 11 is 4.15.